The normalized spacial score (nSPS) is 17.2. The Balaban J connectivity index is 1.49. The number of imidazole rings is 1. The zero-order valence-corrected chi connectivity index (χ0v) is 14.1. The number of para-hydroxylation sites is 4. The molecule has 1 saturated heterocycles. The molecule has 1 aliphatic rings. The van der Waals surface area contributed by atoms with E-state index in [9.17, 15) is 4.79 Å². The second-order valence-corrected chi connectivity index (χ2v) is 6.54. The van der Waals surface area contributed by atoms with E-state index in [4.69, 9.17) is 0 Å². The molecule has 0 saturated carbocycles. The Kier molecular flexibility index (Phi) is 3.41. The highest BCUT2D eigenvalue weighted by Crippen LogP contribution is 2.32. The topological polar surface area (TPSA) is 74.8 Å². The summed E-state index contributed by atoms with van der Waals surface area (Å²) in [5.74, 6) is 0.747. The average Bonchev–Trinajstić information content (AvgIpc) is 3.33. The third-order valence-electron chi connectivity index (χ3n) is 4.90. The lowest BCUT2D eigenvalue weighted by Gasteiger charge is -2.22. The van der Waals surface area contributed by atoms with Gasteiger partial charge in [-0.05, 0) is 37.1 Å². The van der Waals surface area contributed by atoms with Gasteiger partial charge in [0.2, 0.25) is 0 Å². The maximum atomic E-state index is 13.1. The number of fused-ring (bicyclic) bond motifs is 2. The summed E-state index contributed by atoms with van der Waals surface area (Å²) in [6.45, 7) is 0.703. The van der Waals surface area contributed by atoms with Gasteiger partial charge in [-0.2, -0.15) is 0 Å². The molecule has 1 amide bonds. The molecule has 2 aromatic heterocycles. The van der Waals surface area contributed by atoms with Gasteiger partial charge in [-0.3, -0.25) is 9.78 Å². The first-order valence-electron chi connectivity index (χ1n) is 8.77. The predicted molar refractivity (Wildman–Crippen MR) is 98.6 cm³/mol. The Morgan fingerprint density at radius 2 is 1.77 bits per heavy atom. The number of nitrogens with one attached hydrogen (secondary N) is 1. The Labute approximate surface area is 149 Å². The van der Waals surface area contributed by atoms with Crippen LogP contribution >= 0.6 is 0 Å². The number of H-pyrrole nitrogens is 1. The molecule has 3 heterocycles. The molecule has 6 heteroatoms. The molecule has 5 rings (SSSR count). The number of aromatic nitrogens is 4. The van der Waals surface area contributed by atoms with Crippen molar-refractivity contribution in [1.29, 1.82) is 0 Å². The van der Waals surface area contributed by atoms with Crippen molar-refractivity contribution in [2.45, 2.75) is 18.9 Å². The number of benzene rings is 2. The van der Waals surface area contributed by atoms with Crippen LogP contribution in [0.15, 0.2) is 54.7 Å². The number of nitrogens with zero attached hydrogens (tertiary/aromatic N) is 4. The molecule has 0 spiro atoms. The molecular weight excluding hydrogens is 326 g/mol. The van der Waals surface area contributed by atoms with Crippen LogP contribution in [0.3, 0.4) is 0 Å². The van der Waals surface area contributed by atoms with E-state index in [1.165, 1.54) is 0 Å². The highest BCUT2D eigenvalue weighted by atomic mass is 16.2. The van der Waals surface area contributed by atoms with Crippen LogP contribution in [0.1, 0.15) is 35.2 Å². The first kappa shape index (κ1) is 15.0. The summed E-state index contributed by atoms with van der Waals surface area (Å²) in [4.78, 5) is 31.9. The fraction of sp³-hybridized carbons (Fsp3) is 0.200. The number of rotatable bonds is 2. The van der Waals surface area contributed by atoms with Crippen molar-refractivity contribution in [3.63, 3.8) is 0 Å². The van der Waals surface area contributed by atoms with Gasteiger partial charge < -0.3 is 9.88 Å². The largest absolute Gasteiger partial charge is 0.340 e. The zero-order valence-electron chi connectivity index (χ0n) is 14.1. The van der Waals surface area contributed by atoms with E-state index in [-0.39, 0.29) is 11.9 Å². The van der Waals surface area contributed by atoms with Crippen LogP contribution in [0, 0.1) is 0 Å². The molecule has 6 nitrogen and oxygen atoms in total. The molecular formula is C20H17N5O. The van der Waals surface area contributed by atoms with E-state index in [0.29, 0.717) is 12.2 Å². The smallest absolute Gasteiger partial charge is 0.274 e. The Morgan fingerprint density at radius 1 is 1.00 bits per heavy atom. The standard InChI is InChI=1S/C20H17N5O/c26-20(17-12-21-13-6-1-2-7-14(13)22-17)25-11-5-10-18(25)19-23-15-8-3-4-9-16(15)24-19/h1-4,6-9,12,18H,5,10-11H2,(H,23,24)/t18-/m0/s1. The monoisotopic (exact) mass is 343 g/mol. The Hall–Kier alpha value is -3.28. The van der Waals surface area contributed by atoms with Crippen LogP contribution in [-0.4, -0.2) is 37.3 Å². The van der Waals surface area contributed by atoms with Gasteiger partial charge in [0.1, 0.15) is 11.5 Å². The van der Waals surface area contributed by atoms with E-state index in [1.54, 1.807) is 6.20 Å². The summed E-state index contributed by atoms with van der Waals surface area (Å²) < 4.78 is 0. The fourth-order valence-electron chi connectivity index (χ4n) is 3.63. The molecule has 0 radical (unpaired) electrons. The first-order valence-corrected chi connectivity index (χ1v) is 8.77. The maximum absolute atomic E-state index is 13.1. The second-order valence-electron chi connectivity index (χ2n) is 6.54. The molecule has 0 aliphatic carbocycles. The van der Waals surface area contributed by atoms with Crippen molar-refractivity contribution in [3.05, 3.63) is 66.2 Å². The highest BCUT2D eigenvalue weighted by molar-refractivity contribution is 5.94. The number of hydrogen-bond donors (Lipinski definition) is 1. The van der Waals surface area contributed by atoms with Gasteiger partial charge in [-0.1, -0.05) is 24.3 Å². The lowest BCUT2D eigenvalue weighted by atomic mass is 10.2. The first-order chi connectivity index (χ1) is 12.8. The molecule has 26 heavy (non-hydrogen) atoms. The minimum Gasteiger partial charge on any atom is -0.340 e. The van der Waals surface area contributed by atoms with Gasteiger partial charge in [0.05, 0.1) is 34.3 Å². The van der Waals surface area contributed by atoms with Crippen LogP contribution in [0.25, 0.3) is 22.1 Å². The number of amides is 1. The summed E-state index contributed by atoms with van der Waals surface area (Å²) >= 11 is 0. The van der Waals surface area contributed by atoms with Crippen LogP contribution in [0.5, 0.6) is 0 Å². The lowest BCUT2D eigenvalue weighted by Crippen LogP contribution is -2.31. The number of likely N-dealkylation sites (tertiary alicyclic amines) is 1. The molecule has 1 N–H and O–H groups in total. The molecule has 1 fully saturated rings. The van der Waals surface area contributed by atoms with Crippen LogP contribution in [-0.2, 0) is 0 Å². The fourth-order valence-corrected chi connectivity index (χ4v) is 3.63. The van der Waals surface area contributed by atoms with E-state index in [1.807, 2.05) is 53.4 Å². The highest BCUT2D eigenvalue weighted by Gasteiger charge is 2.33. The van der Waals surface area contributed by atoms with Crippen LogP contribution < -0.4 is 0 Å². The summed E-state index contributed by atoms with van der Waals surface area (Å²) in [6.07, 6.45) is 3.42. The Morgan fingerprint density at radius 3 is 2.62 bits per heavy atom. The van der Waals surface area contributed by atoms with Gasteiger partial charge in [-0.25, -0.2) is 9.97 Å². The van der Waals surface area contributed by atoms with Crippen molar-refractivity contribution in [2.75, 3.05) is 6.54 Å². The molecule has 0 unspecified atom stereocenters. The number of carbonyl (C=O) groups excluding carboxylic acids is 1. The summed E-state index contributed by atoms with van der Waals surface area (Å²) in [7, 11) is 0. The minimum absolute atomic E-state index is 0.0526. The van der Waals surface area contributed by atoms with Gasteiger partial charge in [0, 0.05) is 6.54 Å². The molecule has 1 aliphatic heterocycles. The molecule has 4 aromatic rings. The molecule has 1 atom stereocenters. The number of carbonyl (C=O) groups is 1. The quantitative estimate of drug-likeness (QED) is 0.605. The molecule has 128 valence electrons. The predicted octanol–water partition coefficient (Wildman–Crippen LogP) is 3.48. The SMILES string of the molecule is O=C(c1cnc2ccccc2n1)N1CCC[C@H]1c1nc2ccccc2[nH]1. The molecule has 0 bridgehead atoms. The minimum atomic E-state index is -0.0915. The van der Waals surface area contributed by atoms with Gasteiger partial charge >= 0.3 is 0 Å². The van der Waals surface area contributed by atoms with Gasteiger partial charge in [-0.15, -0.1) is 0 Å². The third-order valence-corrected chi connectivity index (χ3v) is 4.90. The second kappa shape index (κ2) is 5.91. The van der Waals surface area contributed by atoms with Crippen LogP contribution in [0.4, 0.5) is 0 Å². The van der Waals surface area contributed by atoms with E-state index in [0.717, 1.165) is 40.7 Å². The van der Waals surface area contributed by atoms with E-state index in [2.05, 4.69) is 19.9 Å². The average molecular weight is 343 g/mol. The third kappa shape index (κ3) is 2.42. The summed E-state index contributed by atoms with van der Waals surface area (Å²) in [5.41, 5.74) is 3.82. The summed E-state index contributed by atoms with van der Waals surface area (Å²) in [5, 5.41) is 0. The Bertz CT molecular complexity index is 1090. The number of aromatic amines is 1. The van der Waals surface area contributed by atoms with E-state index >= 15 is 0 Å². The molecule has 2 aromatic carbocycles. The lowest BCUT2D eigenvalue weighted by molar-refractivity contribution is 0.0724. The van der Waals surface area contributed by atoms with Crippen molar-refractivity contribution in [2.24, 2.45) is 0 Å². The van der Waals surface area contributed by atoms with Crippen molar-refractivity contribution < 1.29 is 4.79 Å². The maximum Gasteiger partial charge on any atom is 0.274 e. The van der Waals surface area contributed by atoms with Crippen molar-refractivity contribution in [1.82, 2.24) is 24.8 Å². The van der Waals surface area contributed by atoms with Crippen LogP contribution in [0.2, 0.25) is 0 Å². The zero-order chi connectivity index (χ0) is 17.5. The summed E-state index contributed by atoms with van der Waals surface area (Å²) in [6, 6.07) is 15.5. The van der Waals surface area contributed by atoms with Crippen molar-refractivity contribution in [3.8, 4) is 0 Å². The van der Waals surface area contributed by atoms with Crippen molar-refractivity contribution >= 4 is 28.0 Å². The van der Waals surface area contributed by atoms with Gasteiger partial charge in [0.25, 0.3) is 5.91 Å². The van der Waals surface area contributed by atoms with E-state index < -0.39 is 0 Å². The number of hydrogen-bond acceptors (Lipinski definition) is 4. The van der Waals surface area contributed by atoms with Gasteiger partial charge in [0.15, 0.2) is 0 Å².